The van der Waals surface area contributed by atoms with E-state index in [0.717, 1.165) is 26.1 Å². The molecule has 3 nitrogen and oxygen atoms in total. The zero-order valence-corrected chi connectivity index (χ0v) is 14.8. The first kappa shape index (κ1) is 15.6. The van der Waals surface area contributed by atoms with Crippen molar-refractivity contribution in [3.8, 4) is 0 Å². The number of carbonyl (C=O) groups is 1. The number of nitrogens with zero attached hydrogens (tertiary/aromatic N) is 2. The summed E-state index contributed by atoms with van der Waals surface area (Å²) in [5.41, 5.74) is 3.88. The van der Waals surface area contributed by atoms with E-state index in [9.17, 15) is 4.79 Å². The molecule has 2 aromatic carbocycles. The lowest BCUT2D eigenvalue weighted by Gasteiger charge is -2.36. The van der Waals surface area contributed by atoms with Crippen molar-refractivity contribution in [2.45, 2.75) is 30.0 Å². The van der Waals surface area contributed by atoms with Crippen LogP contribution in [0.25, 0.3) is 0 Å². The number of amides is 1. The number of carbonyl (C=O) groups excluding carboxylic acids is 1. The molecule has 0 saturated carbocycles. The maximum atomic E-state index is 12.9. The third-order valence-electron chi connectivity index (χ3n) is 4.82. The molecule has 4 rings (SSSR count). The zero-order chi connectivity index (χ0) is 16.5. The van der Waals surface area contributed by atoms with Crippen molar-refractivity contribution in [3.63, 3.8) is 0 Å². The summed E-state index contributed by atoms with van der Waals surface area (Å²) in [7, 11) is 0. The van der Waals surface area contributed by atoms with E-state index in [1.807, 2.05) is 16.7 Å². The van der Waals surface area contributed by atoms with Gasteiger partial charge in [0.2, 0.25) is 5.91 Å². The van der Waals surface area contributed by atoms with E-state index in [1.54, 1.807) is 0 Å². The molecule has 124 valence electrons. The van der Waals surface area contributed by atoms with Gasteiger partial charge in [-0.3, -0.25) is 4.79 Å². The van der Waals surface area contributed by atoms with Gasteiger partial charge in [-0.15, -0.1) is 11.8 Å². The molecule has 0 aromatic heterocycles. The quantitative estimate of drug-likeness (QED) is 0.836. The topological polar surface area (TPSA) is 23.6 Å². The Hall–Kier alpha value is -1.94. The SMILES string of the molecule is CC1CN(CC(=O)N2CCc3ccccc3C2)c2ccccc2S1. The lowest BCUT2D eigenvalue weighted by atomic mass is 10.00. The minimum Gasteiger partial charge on any atom is -0.360 e. The molecular weight excluding hydrogens is 316 g/mol. The van der Waals surface area contributed by atoms with Gasteiger partial charge < -0.3 is 9.80 Å². The number of hydrogen-bond donors (Lipinski definition) is 0. The molecule has 0 bridgehead atoms. The average molecular weight is 338 g/mol. The molecule has 2 aliphatic heterocycles. The Kier molecular flexibility index (Phi) is 4.23. The van der Waals surface area contributed by atoms with Crippen LogP contribution in [0.15, 0.2) is 53.4 Å². The van der Waals surface area contributed by atoms with E-state index >= 15 is 0 Å². The lowest BCUT2D eigenvalue weighted by Crippen LogP contribution is -2.45. The van der Waals surface area contributed by atoms with E-state index < -0.39 is 0 Å². The number of anilines is 1. The third kappa shape index (κ3) is 3.03. The molecule has 2 heterocycles. The van der Waals surface area contributed by atoms with Gasteiger partial charge in [0, 0.05) is 29.8 Å². The van der Waals surface area contributed by atoms with Crippen LogP contribution in [0.1, 0.15) is 18.1 Å². The van der Waals surface area contributed by atoms with Crippen LogP contribution in [0.3, 0.4) is 0 Å². The predicted octanol–water partition coefficient (Wildman–Crippen LogP) is 3.57. The molecule has 0 spiro atoms. The van der Waals surface area contributed by atoms with E-state index in [2.05, 4.69) is 60.4 Å². The standard InChI is InChI=1S/C20H22N2OS/c1-15-12-22(18-8-4-5-9-19(18)24-15)14-20(23)21-11-10-16-6-2-3-7-17(16)13-21/h2-9,15H,10-14H2,1H3. The summed E-state index contributed by atoms with van der Waals surface area (Å²) >= 11 is 1.90. The molecule has 24 heavy (non-hydrogen) atoms. The molecule has 0 aliphatic carbocycles. The molecule has 0 fully saturated rings. The van der Waals surface area contributed by atoms with Crippen molar-refractivity contribution in [1.29, 1.82) is 0 Å². The Labute approximate surface area is 147 Å². The van der Waals surface area contributed by atoms with Gasteiger partial charge in [0.05, 0.1) is 12.2 Å². The van der Waals surface area contributed by atoms with Crippen molar-refractivity contribution >= 4 is 23.4 Å². The van der Waals surface area contributed by atoms with Crippen LogP contribution >= 0.6 is 11.8 Å². The number of benzene rings is 2. The van der Waals surface area contributed by atoms with Crippen LogP contribution in [-0.2, 0) is 17.8 Å². The fraction of sp³-hybridized carbons (Fsp3) is 0.350. The molecule has 2 aromatic rings. The van der Waals surface area contributed by atoms with Gasteiger partial charge in [0.25, 0.3) is 0 Å². The highest BCUT2D eigenvalue weighted by Gasteiger charge is 2.27. The maximum Gasteiger partial charge on any atom is 0.242 e. The van der Waals surface area contributed by atoms with Gasteiger partial charge in [-0.25, -0.2) is 0 Å². The van der Waals surface area contributed by atoms with Crippen LogP contribution in [0, 0.1) is 0 Å². The van der Waals surface area contributed by atoms with Gasteiger partial charge in [-0.1, -0.05) is 43.3 Å². The second-order valence-electron chi connectivity index (χ2n) is 6.61. The van der Waals surface area contributed by atoms with Crippen molar-refractivity contribution in [1.82, 2.24) is 4.90 Å². The largest absolute Gasteiger partial charge is 0.360 e. The molecule has 0 N–H and O–H groups in total. The van der Waals surface area contributed by atoms with E-state index in [4.69, 9.17) is 0 Å². The highest BCUT2D eigenvalue weighted by atomic mass is 32.2. The highest BCUT2D eigenvalue weighted by Crippen LogP contribution is 2.38. The minimum absolute atomic E-state index is 0.235. The van der Waals surface area contributed by atoms with Crippen LogP contribution in [-0.4, -0.2) is 35.7 Å². The van der Waals surface area contributed by atoms with Gasteiger partial charge >= 0.3 is 0 Å². The smallest absolute Gasteiger partial charge is 0.242 e. The summed E-state index contributed by atoms with van der Waals surface area (Å²) in [6.07, 6.45) is 0.963. The van der Waals surface area contributed by atoms with Gasteiger partial charge in [0.15, 0.2) is 0 Å². The van der Waals surface area contributed by atoms with E-state index in [-0.39, 0.29) is 5.91 Å². The van der Waals surface area contributed by atoms with Crippen molar-refractivity contribution < 1.29 is 4.79 Å². The maximum absolute atomic E-state index is 12.9. The molecule has 1 unspecified atom stereocenters. The Balaban J connectivity index is 1.49. The predicted molar refractivity (Wildman–Crippen MR) is 99.5 cm³/mol. The zero-order valence-electron chi connectivity index (χ0n) is 13.9. The van der Waals surface area contributed by atoms with E-state index in [1.165, 1.54) is 21.7 Å². The molecule has 1 atom stereocenters. The fourth-order valence-corrected chi connectivity index (χ4v) is 4.77. The summed E-state index contributed by atoms with van der Waals surface area (Å²) in [6, 6.07) is 16.9. The molecular formula is C20H22N2OS. The summed E-state index contributed by atoms with van der Waals surface area (Å²) in [5, 5.41) is 0.509. The van der Waals surface area contributed by atoms with Crippen molar-refractivity contribution in [2.75, 3.05) is 24.5 Å². The van der Waals surface area contributed by atoms with Gasteiger partial charge in [-0.2, -0.15) is 0 Å². The lowest BCUT2D eigenvalue weighted by molar-refractivity contribution is -0.130. The number of rotatable bonds is 2. The van der Waals surface area contributed by atoms with Crippen LogP contribution in [0.4, 0.5) is 5.69 Å². The summed E-state index contributed by atoms with van der Waals surface area (Å²) < 4.78 is 0. The number of hydrogen-bond acceptors (Lipinski definition) is 3. The monoisotopic (exact) mass is 338 g/mol. The number of fused-ring (bicyclic) bond motifs is 2. The minimum atomic E-state index is 0.235. The van der Waals surface area contributed by atoms with Crippen LogP contribution < -0.4 is 4.90 Å². The molecule has 1 amide bonds. The van der Waals surface area contributed by atoms with Gasteiger partial charge in [-0.05, 0) is 29.7 Å². The Bertz CT molecular complexity index is 761. The van der Waals surface area contributed by atoms with Crippen molar-refractivity contribution in [2.24, 2.45) is 0 Å². The second kappa shape index (κ2) is 6.52. The Morgan fingerprint density at radius 2 is 1.88 bits per heavy atom. The molecule has 0 radical (unpaired) electrons. The van der Waals surface area contributed by atoms with Gasteiger partial charge in [0.1, 0.15) is 0 Å². The normalized spacial score (nSPS) is 19.6. The summed E-state index contributed by atoms with van der Waals surface area (Å²) in [6.45, 7) is 5.21. The van der Waals surface area contributed by atoms with E-state index in [0.29, 0.717) is 11.8 Å². The van der Waals surface area contributed by atoms with Crippen LogP contribution in [0.2, 0.25) is 0 Å². The highest BCUT2D eigenvalue weighted by molar-refractivity contribution is 8.00. The fourth-order valence-electron chi connectivity index (χ4n) is 3.60. The number of para-hydroxylation sites is 1. The van der Waals surface area contributed by atoms with Crippen LogP contribution in [0.5, 0.6) is 0 Å². The summed E-state index contributed by atoms with van der Waals surface area (Å²) in [4.78, 5) is 18.4. The second-order valence-corrected chi connectivity index (χ2v) is 8.09. The average Bonchev–Trinajstić information content (AvgIpc) is 2.61. The first-order valence-electron chi connectivity index (χ1n) is 8.56. The Morgan fingerprint density at radius 3 is 2.75 bits per heavy atom. The van der Waals surface area contributed by atoms with Crippen molar-refractivity contribution in [3.05, 3.63) is 59.7 Å². The number of thioether (sulfide) groups is 1. The molecule has 4 heteroatoms. The Morgan fingerprint density at radius 1 is 1.12 bits per heavy atom. The first-order chi connectivity index (χ1) is 11.7. The summed E-state index contributed by atoms with van der Waals surface area (Å²) in [5.74, 6) is 0.235. The molecule has 0 saturated heterocycles. The first-order valence-corrected chi connectivity index (χ1v) is 9.44. The third-order valence-corrected chi connectivity index (χ3v) is 5.97. The molecule has 2 aliphatic rings.